The van der Waals surface area contributed by atoms with E-state index in [0.717, 1.165) is 16.2 Å². The molecule has 0 amide bonds. The molecule has 1 atom stereocenters. The second kappa shape index (κ2) is 6.33. The summed E-state index contributed by atoms with van der Waals surface area (Å²) in [6, 6.07) is 10.8. The fourth-order valence-corrected chi connectivity index (χ4v) is 2.06. The molecule has 0 spiro atoms. The molecule has 6 nitrogen and oxygen atoms in total. The molecule has 2 aromatic rings. The maximum absolute atomic E-state index is 10.7. The first-order valence-corrected chi connectivity index (χ1v) is 6.87. The van der Waals surface area contributed by atoms with E-state index in [4.69, 9.17) is 5.26 Å². The molecule has 1 aromatic carbocycles. The lowest BCUT2D eigenvalue weighted by Crippen LogP contribution is -2.09. The van der Waals surface area contributed by atoms with Gasteiger partial charge in [-0.05, 0) is 24.6 Å². The van der Waals surface area contributed by atoms with Gasteiger partial charge in [0, 0.05) is 16.6 Å². The lowest BCUT2D eigenvalue weighted by molar-refractivity contribution is -0.385. The predicted octanol–water partition coefficient (Wildman–Crippen LogP) is 3.80. The third kappa shape index (κ3) is 3.55. The van der Waals surface area contributed by atoms with Gasteiger partial charge in [0.1, 0.15) is 23.6 Å². The van der Waals surface area contributed by atoms with Crippen molar-refractivity contribution in [2.24, 2.45) is 0 Å². The normalized spacial score (nSPS) is 11.5. The summed E-state index contributed by atoms with van der Waals surface area (Å²) < 4.78 is 0.977. The van der Waals surface area contributed by atoms with Crippen LogP contribution in [0.3, 0.4) is 0 Å². The third-order valence-electron chi connectivity index (χ3n) is 2.93. The van der Waals surface area contributed by atoms with E-state index in [1.165, 1.54) is 6.07 Å². The Bertz CT molecular complexity index is 710. The summed E-state index contributed by atoms with van der Waals surface area (Å²) in [5.74, 6) is 0.332. The smallest absolute Gasteiger partial charge is 0.289 e. The van der Waals surface area contributed by atoms with E-state index in [2.05, 4.69) is 26.2 Å². The van der Waals surface area contributed by atoms with Gasteiger partial charge in [0.2, 0.25) is 0 Å². The van der Waals surface area contributed by atoms with Gasteiger partial charge in [0.25, 0.3) is 5.69 Å². The molecule has 0 aliphatic rings. The molecule has 106 valence electrons. The topological polar surface area (TPSA) is 91.8 Å². The zero-order valence-electron chi connectivity index (χ0n) is 11.1. The molecule has 2 rings (SSSR count). The molecule has 1 heterocycles. The number of nitriles is 1. The summed E-state index contributed by atoms with van der Waals surface area (Å²) in [6.07, 6.45) is 1.14. The first-order valence-electron chi connectivity index (χ1n) is 6.08. The van der Waals surface area contributed by atoms with E-state index in [1.54, 1.807) is 0 Å². The molecular formula is C14H11BrN4O2. The molecule has 7 heteroatoms. The van der Waals surface area contributed by atoms with E-state index in [0.29, 0.717) is 5.82 Å². The number of nitrogens with one attached hydrogen (secondary N) is 1. The summed E-state index contributed by atoms with van der Waals surface area (Å²) in [6.45, 7) is 1.92. The van der Waals surface area contributed by atoms with Crippen molar-refractivity contribution in [2.75, 3.05) is 5.32 Å². The number of anilines is 1. The Morgan fingerprint density at radius 2 is 2.10 bits per heavy atom. The Labute approximate surface area is 129 Å². The molecule has 21 heavy (non-hydrogen) atoms. The highest BCUT2D eigenvalue weighted by Gasteiger charge is 2.14. The van der Waals surface area contributed by atoms with E-state index in [1.807, 2.05) is 37.3 Å². The SMILES string of the molecule is CC(Nc1ncc([N+](=O)[O-])cc1C#N)c1ccc(Br)cc1. The van der Waals surface area contributed by atoms with Gasteiger partial charge in [0.05, 0.1) is 4.92 Å². The van der Waals surface area contributed by atoms with Crippen molar-refractivity contribution >= 4 is 27.4 Å². The number of pyridine rings is 1. The van der Waals surface area contributed by atoms with Gasteiger partial charge in [-0.15, -0.1) is 0 Å². The zero-order chi connectivity index (χ0) is 15.4. The molecule has 0 radical (unpaired) electrons. The summed E-state index contributed by atoms with van der Waals surface area (Å²) >= 11 is 3.37. The Kier molecular flexibility index (Phi) is 4.50. The lowest BCUT2D eigenvalue weighted by atomic mass is 10.1. The Hall–Kier alpha value is -2.46. The maximum atomic E-state index is 10.7. The van der Waals surface area contributed by atoms with E-state index < -0.39 is 4.92 Å². The lowest BCUT2D eigenvalue weighted by Gasteiger charge is -2.15. The van der Waals surface area contributed by atoms with Gasteiger partial charge in [-0.3, -0.25) is 10.1 Å². The van der Waals surface area contributed by atoms with E-state index in [-0.39, 0.29) is 17.3 Å². The van der Waals surface area contributed by atoms with Crippen molar-refractivity contribution < 1.29 is 4.92 Å². The number of aromatic nitrogens is 1. The third-order valence-corrected chi connectivity index (χ3v) is 3.46. The maximum Gasteiger partial charge on any atom is 0.289 e. The van der Waals surface area contributed by atoms with Gasteiger partial charge < -0.3 is 5.32 Å². The predicted molar refractivity (Wildman–Crippen MR) is 81.8 cm³/mol. The summed E-state index contributed by atoms with van der Waals surface area (Å²) in [7, 11) is 0. The average molecular weight is 347 g/mol. The van der Waals surface area contributed by atoms with Gasteiger partial charge in [-0.1, -0.05) is 28.1 Å². The molecule has 1 aromatic heterocycles. The second-order valence-electron chi connectivity index (χ2n) is 4.38. The number of nitrogens with zero attached hydrogens (tertiary/aromatic N) is 3. The van der Waals surface area contributed by atoms with Gasteiger partial charge >= 0.3 is 0 Å². The van der Waals surface area contributed by atoms with Crippen molar-refractivity contribution in [1.82, 2.24) is 4.98 Å². The van der Waals surface area contributed by atoms with Crippen LogP contribution in [-0.4, -0.2) is 9.91 Å². The molecule has 0 aliphatic heterocycles. The number of hydrogen-bond acceptors (Lipinski definition) is 5. The van der Waals surface area contributed by atoms with Crippen molar-refractivity contribution in [3.05, 3.63) is 62.2 Å². The van der Waals surface area contributed by atoms with Gasteiger partial charge in [-0.2, -0.15) is 5.26 Å². The van der Waals surface area contributed by atoms with Crippen molar-refractivity contribution in [1.29, 1.82) is 5.26 Å². The van der Waals surface area contributed by atoms with Crippen LogP contribution in [0.5, 0.6) is 0 Å². The minimum absolute atomic E-state index is 0.0841. The van der Waals surface area contributed by atoms with Crippen LogP contribution in [0.4, 0.5) is 11.5 Å². The van der Waals surface area contributed by atoms with Crippen LogP contribution in [0.25, 0.3) is 0 Å². The van der Waals surface area contributed by atoms with E-state index in [9.17, 15) is 10.1 Å². The van der Waals surface area contributed by atoms with Crippen LogP contribution in [0, 0.1) is 21.4 Å². The minimum Gasteiger partial charge on any atom is -0.362 e. The van der Waals surface area contributed by atoms with E-state index >= 15 is 0 Å². The van der Waals surface area contributed by atoms with Crippen LogP contribution in [0.15, 0.2) is 41.0 Å². The molecule has 0 bridgehead atoms. The summed E-state index contributed by atoms with van der Waals surface area (Å²) in [4.78, 5) is 14.1. The molecule has 1 N–H and O–H groups in total. The number of hydrogen-bond donors (Lipinski definition) is 1. The highest BCUT2D eigenvalue weighted by Crippen LogP contribution is 2.24. The van der Waals surface area contributed by atoms with Crippen LogP contribution in [0.1, 0.15) is 24.1 Å². The highest BCUT2D eigenvalue weighted by molar-refractivity contribution is 9.10. The molecule has 0 saturated heterocycles. The minimum atomic E-state index is -0.574. The Balaban J connectivity index is 2.25. The summed E-state index contributed by atoms with van der Waals surface area (Å²) in [5.41, 5.74) is 0.962. The first kappa shape index (κ1) is 14.9. The molecule has 0 fully saturated rings. The number of nitro groups is 1. The molecular weight excluding hydrogens is 336 g/mol. The van der Waals surface area contributed by atoms with Crippen LogP contribution < -0.4 is 5.32 Å². The van der Waals surface area contributed by atoms with Gasteiger partial charge in [-0.25, -0.2) is 4.98 Å². The Morgan fingerprint density at radius 3 is 2.67 bits per heavy atom. The van der Waals surface area contributed by atoms with Crippen molar-refractivity contribution in [2.45, 2.75) is 13.0 Å². The van der Waals surface area contributed by atoms with Crippen LogP contribution in [0.2, 0.25) is 0 Å². The number of halogens is 1. The quantitative estimate of drug-likeness (QED) is 0.671. The monoisotopic (exact) mass is 346 g/mol. The summed E-state index contributed by atoms with van der Waals surface area (Å²) in [5, 5.41) is 22.9. The fraction of sp³-hybridized carbons (Fsp3) is 0.143. The van der Waals surface area contributed by atoms with Crippen LogP contribution in [-0.2, 0) is 0 Å². The van der Waals surface area contributed by atoms with Gasteiger partial charge in [0.15, 0.2) is 0 Å². The zero-order valence-corrected chi connectivity index (χ0v) is 12.7. The highest BCUT2D eigenvalue weighted by atomic mass is 79.9. The number of rotatable bonds is 4. The van der Waals surface area contributed by atoms with Crippen molar-refractivity contribution in [3.63, 3.8) is 0 Å². The van der Waals surface area contributed by atoms with Crippen LogP contribution >= 0.6 is 15.9 Å². The van der Waals surface area contributed by atoms with Crippen molar-refractivity contribution in [3.8, 4) is 6.07 Å². The largest absolute Gasteiger partial charge is 0.362 e. The fourth-order valence-electron chi connectivity index (χ4n) is 1.79. The Morgan fingerprint density at radius 1 is 1.43 bits per heavy atom. The molecule has 0 aliphatic carbocycles. The first-order chi connectivity index (χ1) is 10.0. The number of benzene rings is 1. The average Bonchev–Trinajstić information content (AvgIpc) is 2.48. The second-order valence-corrected chi connectivity index (χ2v) is 5.29. The molecule has 0 saturated carbocycles. The molecule has 1 unspecified atom stereocenters. The standard InChI is InChI=1S/C14H11BrN4O2/c1-9(10-2-4-12(15)5-3-10)18-14-11(7-16)6-13(8-17-14)19(20)21/h2-6,8-9H,1H3,(H,17,18).